The van der Waals surface area contributed by atoms with Crippen molar-refractivity contribution in [3.8, 4) is 0 Å². The van der Waals surface area contributed by atoms with Gasteiger partial charge in [-0.25, -0.2) is 0 Å². The minimum atomic E-state index is 0.429. The van der Waals surface area contributed by atoms with E-state index >= 15 is 0 Å². The molecule has 4 aromatic carbocycles. The van der Waals surface area contributed by atoms with Crippen LogP contribution in [0.3, 0.4) is 0 Å². The van der Waals surface area contributed by atoms with E-state index in [1.165, 1.54) is 70.2 Å². The second kappa shape index (κ2) is 14.2. The predicted molar refractivity (Wildman–Crippen MR) is 174 cm³/mol. The molecule has 2 atom stereocenters. The van der Waals surface area contributed by atoms with Gasteiger partial charge in [0.15, 0.2) is 0 Å². The van der Waals surface area contributed by atoms with Crippen molar-refractivity contribution in [1.82, 2.24) is 0 Å². The molecule has 0 saturated heterocycles. The molecule has 0 saturated carbocycles. The summed E-state index contributed by atoms with van der Waals surface area (Å²) in [6, 6.07) is 31.3. The Morgan fingerprint density at radius 2 is 0.875 bits per heavy atom. The zero-order valence-corrected chi connectivity index (χ0v) is 25.0. The van der Waals surface area contributed by atoms with Crippen LogP contribution in [-0.2, 0) is 12.8 Å². The van der Waals surface area contributed by atoms with Crippen LogP contribution in [-0.4, -0.2) is 0 Å². The molecule has 4 N–H and O–H groups in total. The fraction of sp³-hybridized carbons (Fsp3) is 0.368. The summed E-state index contributed by atoms with van der Waals surface area (Å²) in [7, 11) is 0. The molecule has 4 aromatic rings. The maximum absolute atomic E-state index is 5.98. The van der Waals surface area contributed by atoms with Gasteiger partial charge in [0.1, 0.15) is 0 Å². The van der Waals surface area contributed by atoms with Crippen LogP contribution in [0, 0.1) is 13.8 Å². The van der Waals surface area contributed by atoms with Crippen molar-refractivity contribution in [2.45, 2.75) is 90.9 Å². The summed E-state index contributed by atoms with van der Waals surface area (Å²) in [5, 5.41) is 0. The van der Waals surface area contributed by atoms with E-state index < -0.39 is 0 Å². The quantitative estimate of drug-likeness (QED) is 0.133. The number of unbranched alkanes of at least 4 members (excludes halogenated alkanes) is 3. The van der Waals surface area contributed by atoms with Crippen LogP contribution in [0.15, 0.2) is 84.9 Å². The van der Waals surface area contributed by atoms with Crippen molar-refractivity contribution < 1.29 is 0 Å². The van der Waals surface area contributed by atoms with Crippen molar-refractivity contribution in [3.05, 3.63) is 129 Å². The smallest absolute Gasteiger partial charge is 0.0316 e. The number of hydrogen-bond donors (Lipinski definition) is 2. The van der Waals surface area contributed by atoms with Gasteiger partial charge in [-0.3, -0.25) is 0 Å². The van der Waals surface area contributed by atoms with Crippen LogP contribution < -0.4 is 11.5 Å². The number of benzene rings is 4. The largest absolute Gasteiger partial charge is 0.399 e. The summed E-state index contributed by atoms with van der Waals surface area (Å²) in [6.07, 6.45) is 9.60. The molecule has 40 heavy (non-hydrogen) atoms. The van der Waals surface area contributed by atoms with Gasteiger partial charge >= 0.3 is 0 Å². The maximum Gasteiger partial charge on any atom is 0.0316 e. The first-order valence-corrected chi connectivity index (χ1v) is 15.3. The number of nitrogen functional groups attached to an aromatic ring is 2. The minimum absolute atomic E-state index is 0.429. The second-order valence-electron chi connectivity index (χ2n) is 11.6. The Morgan fingerprint density at radius 3 is 1.20 bits per heavy atom. The predicted octanol–water partition coefficient (Wildman–Crippen LogP) is 9.90. The van der Waals surface area contributed by atoms with Gasteiger partial charge in [-0.1, -0.05) is 87.4 Å². The fourth-order valence-corrected chi connectivity index (χ4v) is 6.30. The summed E-state index contributed by atoms with van der Waals surface area (Å²) in [5.41, 5.74) is 24.7. The molecule has 0 radical (unpaired) electrons. The highest BCUT2D eigenvalue weighted by molar-refractivity contribution is 5.49. The summed E-state index contributed by atoms with van der Waals surface area (Å²) < 4.78 is 0. The molecule has 2 heteroatoms. The normalized spacial score (nSPS) is 12.8. The van der Waals surface area contributed by atoms with Gasteiger partial charge in [-0.15, -0.1) is 0 Å². The third-order valence-corrected chi connectivity index (χ3v) is 8.60. The Bertz CT molecular complexity index is 1240. The highest BCUT2D eigenvalue weighted by Crippen LogP contribution is 2.32. The van der Waals surface area contributed by atoms with E-state index in [-0.39, 0.29) is 0 Å². The average Bonchev–Trinajstić information content (AvgIpc) is 2.95. The van der Waals surface area contributed by atoms with Crippen molar-refractivity contribution in [2.75, 3.05) is 11.5 Å². The molecule has 0 aliphatic rings. The average molecular weight is 533 g/mol. The summed E-state index contributed by atoms with van der Waals surface area (Å²) in [5.74, 6) is 0.858. The van der Waals surface area contributed by atoms with Gasteiger partial charge in [0.05, 0.1) is 0 Å². The number of nitrogens with two attached hydrogens (primary N) is 2. The lowest BCUT2D eigenvalue weighted by Crippen LogP contribution is -2.03. The van der Waals surface area contributed by atoms with Gasteiger partial charge in [0.2, 0.25) is 0 Å². The lowest BCUT2D eigenvalue weighted by Gasteiger charge is -2.19. The first-order valence-electron chi connectivity index (χ1n) is 15.3. The Morgan fingerprint density at radius 1 is 0.500 bits per heavy atom. The Balaban J connectivity index is 1.21. The molecule has 0 aromatic heterocycles. The molecule has 0 spiro atoms. The highest BCUT2D eigenvalue weighted by atomic mass is 14.5. The van der Waals surface area contributed by atoms with E-state index in [4.69, 9.17) is 11.5 Å². The van der Waals surface area contributed by atoms with Crippen LogP contribution in [0.1, 0.15) is 109 Å². The topological polar surface area (TPSA) is 52.0 Å². The Kier molecular flexibility index (Phi) is 10.5. The van der Waals surface area contributed by atoms with E-state index in [0.29, 0.717) is 11.8 Å². The van der Waals surface area contributed by atoms with Crippen molar-refractivity contribution in [2.24, 2.45) is 0 Å². The van der Waals surface area contributed by atoms with E-state index in [1.54, 1.807) is 0 Å². The van der Waals surface area contributed by atoms with Crippen LogP contribution >= 0.6 is 0 Å². The zero-order chi connectivity index (χ0) is 28.5. The number of rotatable bonds is 13. The molecule has 0 amide bonds. The molecular weight excluding hydrogens is 484 g/mol. The lowest BCUT2D eigenvalue weighted by atomic mass is 9.86. The van der Waals surface area contributed by atoms with E-state index in [1.807, 2.05) is 12.1 Å². The molecule has 0 aliphatic carbocycles. The van der Waals surface area contributed by atoms with Crippen molar-refractivity contribution in [3.63, 3.8) is 0 Å². The summed E-state index contributed by atoms with van der Waals surface area (Å²) >= 11 is 0. The molecule has 4 rings (SSSR count). The van der Waals surface area contributed by atoms with Crippen molar-refractivity contribution in [1.29, 1.82) is 0 Å². The van der Waals surface area contributed by atoms with Gasteiger partial charge in [-0.2, -0.15) is 0 Å². The molecule has 210 valence electrons. The van der Waals surface area contributed by atoms with Crippen LogP contribution in [0.4, 0.5) is 11.4 Å². The van der Waals surface area contributed by atoms with Gasteiger partial charge in [-0.05, 0) is 121 Å². The monoisotopic (exact) mass is 532 g/mol. The van der Waals surface area contributed by atoms with Crippen LogP contribution in [0.2, 0.25) is 0 Å². The molecule has 0 aliphatic heterocycles. The molecule has 0 fully saturated rings. The summed E-state index contributed by atoms with van der Waals surface area (Å²) in [4.78, 5) is 0. The summed E-state index contributed by atoms with van der Waals surface area (Å²) in [6.45, 7) is 8.88. The molecule has 0 heterocycles. The lowest BCUT2D eigenvalue weighted by molar-refractivity contribution is 0.640. The third-order valence-electron chi connectivity index (χ3n) is 8.60. The molecule has 2 unspecified atom stereocenters. The highest BCUT2D eigenvalue weighted by Gasteiger charge is 2.15. The number of aryl methyl sites for hydroxylation is 4. The Hall–Kier alpha value is -3.52. The van der Waals surface area contributed by atoms with E-state index in [9.17, 15) is 0 Å². The minimum Gasteiger partial charge on any atom is -0.399 e. The number of anilines is 2. The van der Waals surface area contributed by atoms with Crippen molar-refractivity contribution >= 4 is 11.4 Å². The number of hydrogen-bond acceptors (Lipinski definition) is 2. The third kappa shape index (κ3) is 7.56. The standard InChI is InChI=1S/C38H48N2/c1-5-35(37-23-21-33(39)25-27(37)3)31-17-13-29(14-18-31)11-9-7-8-10-12-30-15-19-32(20-16-30)36(6-2)38-24-22-34(40)26-28(38)4/h13-26,35-36H,5-12,39-40H2,1-4H3. The zero-order valence-electron chi connectivity index (χ0n) is 25.0. The second-order valence-corrected chi connectivity index (χ2v) is 11.6. The maximum atomic E-state index is 5.98. The van der Waals surface area contributed by atoms with Gasteiger partial charge < -0.3 is 11.5 Å². The van der Waals surface area contributed by atoms with Gasteiger partial charge in [0, 0.05) is 23.2 Å². The van der Waals surface area contributed by atoms with E-state index in [2.05, 4.69) is 100 Å². The van der Waals surface area contributed by atoms with E-state index in [0.717, 1.165) is 37.1 Å². The Labute approximate surface area is 242 Å². The fourth-order valence-electron chi connectivity index (χ4n) is 6.30. The van der Waals surface area contributed by atoms with Crippen LogP contribution in [0.5, 0.6) is 0 Å². The first-order chi connectivity index (χ1) is 19.4. The van der Waals surface area contributed by atoms with Crippen LogP contribution in [0.25, 0.3) is 0 Å². The van der Waals surface area contributed by atoms with Gasteiger partial charge in [0.25, 0.3) is 0 Å². The first kappa shape index (κ1) is 29.5. The molecular formula is C38H48N2. The SMILES string of the molecule is CCC(c1ccc(CCCCCCc2ccc(C(CC)c3ccc(N)cc3C)cc2)cc1)c1ccc(N)cc1C. The molecule has 0 bridgehead atoms. The molecule has 2 nitrogen and oxygen atoms in total.